The summed E-state index contributed by atoms with van der Waals surface area (Å²) in [6, 6.07) is 18.5. The minimum Gasteiger partial charge on any atom is -0.465 e. The predicted molar refractivity (Wildman–Crippen MR) is 122 cm³/mol. The molecule has 0 aliphatic carbocycles. The van der Waals surface area contributed by atoms with Crippen LogP contribution in [0.5, 0.6) is 0 Å². The van der Waals surface area contributed by atoms with E-state index in [0.29, 0.717) is 27.2 Å². The number of nitrogens with one attached hydrogen (secondary N) is 1. The SMILES string of the molecule is CCc1ccc(N=C2NC(=O)/C(=C/c3ccc(-c4ccc(C(=O)OC)cc4)o3)S2)cc1. The zero-order valence-corrected chi connectivity index (χ0v) is 17.9. The number of amidine groups is 1. The lowest BCUT2D eigenvalue weighted by Gasteiger charge is -2.00. The van der Waals surface area contributed by atoms with Crippen molar-refractivity contribution in [3.63, 3.8) is 0 Å². The van der Waals surface area contributed by atoms with E-state index in [2.05, 4.69) is 17.2 Å². The zero-order valence-electron chi connectivity index (χ0n) is 17.0. The number of methoxy groups -OCH3 is 1. The zero-order chi connectivity index (χ0) is 21.8. The summed E-state index contributed by atoms with van der Waals surface area (Å²) < 4.78 is 10.6. The molecule has 1 amide bonds. The maximum atomic E-state index is 12.3. The number of aryl methyl sites for hydroxylation is 1. The molecule has 2 heterocycles. The number of nitrogens with zero attached hydrogens (tertiary/aromatic N) is 1. The summed E-state index contributed by atoms with van der Waals surface area (Å²) in [5.41, 5.74) is 3.31. The van der Waals surface area contributed by atoms with E-state index < -0.39 is 0 Å². The van der Waals surface area contributed by atoms with Gasteiger partial charge in [0.05, 0.1) is 23.3 Å². The van der Waals surface area contributed by atoms with Crippen LogP contribution in [0, 0.1) is 0 Å². The van der Waals surface area contributed by atoms with Gasteiger partial charge in [-0.2, -0.15) is 0 Å². The highest BCUT2D eigenvalue weighted by Gasteiger charge is 2.24. The second kappa shape index (κ2) is 9.06. The Morgan fingerprint density at radius 3 is 2.52 bits per heavy atom. The number of esters is 1. The van der Waals surface area contributed by atoms with Crippen molar-refractivity contribution in [3.8, 4) is 11.3 Å². The number of furan rings is 1. The van der Waals surface area contributed by atoms with Gasteiger partial charge in [0.1, 0.15) is 11.5 Å². The third-order valence-electron chi connectivity index (χ3n) is 4.72. The molecule has 6 nitrogen and oxygen atoms in total. The third-order valence-corrected chi connectivity index (χ3v) is 5.63. The van der Waals surface area contributed by atoms with Crippen molar-refractivity contribution < 1.29 is 18.7 Å². The summed E-state index contributed by atoms with van der Waals surface area (Å²) in [5, 5.41) is 3.32. The van der Waals surface area contributed by atoms with Gasteiger partial charge in [-0.05, 0) is 60.1 Å². The van der Waals surface area contributed by atoms with Crippen molar-refractivity contribution in [1.29, 1.82) is 0 Å². The van der Waals surface area contributed by atoms with E-state index in [1.807, 2.05) is 30.3 Å². The first-order chi connectivity index (χ1) is 15.1. The summed E-state index contributed by atoms with van der Waals surface area (Å²) in [6.45, 7) is 2.10. The Kier molecular flexibility index (Phi) is 6.04. The van der Waals surface area contributed by atoms with Crippen LogP contribution >= 0.6 is 11.8 Å². The number of thioether (sulfide) groups is 1. The smallest absolute Gasteiger partial charge is 0.337 e. The highest BCUT2D eigenvalue weighted by Crippen LogP contribution is 2.30. The van der Waals surface area contributed by atoms with Crippen LogP contribution in [0.25, 0.3) is 17.4 Å². The molecule has 156 valence electrons. The van der Waals surface area contributed by atoms with Gasteiger partial charge >= 0.3 is 5.97 Å². The maximum Gasteiger partial charge on any atom is 0.337 e. The molecule has 0 radical (unpaired) electrons. The van der Waals surface area contributed by atoms with E-state index in [-0.39, 0.29) is 11.9 Å². The molecule has 0 saturated carbocycles. The largest absolute Gasteiger partial charge is 0.465 e. The van der Waals surface area contributed by atoms with Crippen LogP contribution < -0.4 is 5.32 Å². The summed E-state index contributed by atoms with van der Waals surface area (Å²) >= 11 is 1.27. The minimum absolute atomic E-state index is 0.214. The molecular formula is C24H20N2O4S. The van der Waals surface area contributed by atoms with Crippen LogP contribution in [0.3, 0.4) is 0 Å². The molecular weight excluding hydrogens is 412 g/mol. The number of aliphatic imine (C=N–C) groups is 1. The average molecular weight is 433 g/mol. The number of carbonyl (C=O) groups excluding carboxylic acids is 2. The molecule has 7 heteroatoms. The molecule has 3 aromatic rings. The molecule has 1 fully saturated rings. The quantitative estimate of drug-likeness (QED) is 0.443. The second-order valence-electron chi connectivity index (χ2n) is 6.77. The first-order valence-corrected chi connectivity index (χ1v) is 10.5. The van der Waals surface area contributed by atoms with E-state index in [4.69, 9.17) is 9.15 Å². The van der Waals surface area contributed by atoms with Gasteiger partial charge in [0.15, 0.2) is 5.17 Å². The number of rotatable bonds is 5. The highest BCUT2D eigenvalue weighted by molar-refractivity contribution is 8.18. The summed E-state index contributed by atoms with van der Waals surface area (Å²) in [7, 11) is 1.35. The summed E-state index contributed by atoms with van der Waals surface area (Å²) in [5.74, 6) is 0.587. The van der Waals surface area contributed by atoms with Gasteiger partial charge in [0.2, 0.25) is 0 Å². The summed E-state index contributed by atoms with van der Waals surface area (Å²) in [6.07, 6.45) is 2.66. The van der Waals surface area contributed by atoms with E-state index in [1.54, 1.807) is 36.4 Å². The Bertz CT molecular complexity index is 1180. The average Bonchev–Trinajstić information content (AvgIpc) is 3.40. The van der Waals surface area contributed by atoms with Crippen molar-refractivity contribution in [1.82, 2.24) is 5.32 Å². The molecule has 0 bridgehead atoms. The first-order valence-electron chi connectivity index (χ1n) is 9.73. The molecule has 0 unspecified atom stereocenters. The van der Waals surface area contributed by atoms with Gasteiger partial charge in [-0.15, -0.1) is 0 Å². The monoisotopic (exact) mass is 432 g/mol. The lowest BCUT2D eigenvalue weighted by molar-refractivity contribution is -0.115. The fourth-order valence-electron chi connectivity index (χ4n) is 3.01. The van der Waals surface area contributed by atoms with Crippen molar-refractivity contribution in [2.24, 2.45) is 4.99 Å². The lowest BCUT2D eigenvalue weighted by atomic mass is 10.1. The molecule has 1 aliphatic rings. The molecule has 0 spiro atoms. The maximum absolute atomic E-state index is 12.3. The van der Waals surface area contributed by atoms with Gasteiger partial charge in [0, 0.05) is 11.6 Å². The molecule has 2 aromatic carbocycles. The van der Waals surface area contributed by atoms with Gasteiger partial charge in [-0.25, -0.2) is 9.79 Å². The molecule has 1 N–H and O–H groups in total. The Labute approximate surface area is 184 Å². The molecule has 0 atom stereocenters. The number of carbonyl (C=O) groups is 2. The number of amides is 1. The molecule has 4 rings (SSSR count). The Balaban J connectivity index is 1.49. The van der Waals surface area contributed by atoms with Crippen LogP contribution in [0.2, 0.25) is 0 Å². The second-order valence-corrected chi connectivity index (χ2v) is 7.80. The fourth-order valence-corrected chi connectivity index (χ4v) is 3.83. The first kappa shape index (κ1) is 20.7. The van der Waals surface area contributed by atoms with E-state index in [1.165, 1.54) is 24.4 Å². The van der Waals surface area contributed by atoms with E-state index in [0.717, 1.165) is 17.7 Å². The van der Waals surface area contributed by atoms with Gasteiger partial charge < -0.3 is 14.5 Å². The van der Waals surface area contributed by atoms with Crippen molar-refractivity contribution in [2.45, 2.75) is 13.3 Å². The Morgan fingerprint density at radius 1 is 1.10 bits per heavy atom. The number of hydrogen-bond acceptors (Lipinski definition) is 6. The normalized spacial score (nSPS) is 16.0. The van der Waals surface area contributed by atoms with Crippen LogP contribution in [0.1, 0.15) is 28.6 Å². The molecule has 1 aromatic heterocycles. The van der Waals surface area contributed by atoms with Crippen LogP contribution in [0.4, 0.5) is 5.69 Å². The number of hydrogen-bond donors (Lipinski definition) is 1. The third kappa shape index (κ3) is 4.78. The number of benzene rings is 2. The van der Waals surface area contributed by atoms with Crippen LogP contribution in [0.15, 0.2) is 75.0 Å². The Hall–Kier alpha value is -3.58. The van der Waals surface area contributed by atoms with Gasteiger partial charge in [-0.3, -0.25) is 4.79 Å². The lowest BCUT2D eigenvalue weighted by Crippen LogP contribution is -2.19. The van der Waals surface area contributed by atoms with Crippen LogP contribution in [-0.2, 0) is 16.0 Å². The van der Waals surface area contributed by atoms with Crippen molar-refractivity contribution in [3.05, 3.63) is 82.5 Å². The molecule has 1 saturated heterocycles. The fraction of sp³-hybridized carbons (Fsp3) is 0.125. The standard InChI is InChI=1S/C24H20N2O4S/c1-3-15-4-10-18(11-5-15)25-24-26-22(27)21(31-24)14-19-12-13-20(30-19)16-6-8-17(9-7-16)23(28)29-2/h4-14H,3H2,1-2H3,(H,25,26,27)/b21-14-. The highest BCUT2D eigenvalue weighted by atomic mass is 32.2. The van der Waals surface area contributed by atoms with Gasteiger partial charge in [-0.1, -0.05) is 31.2 Å². The number of ether oxygens (including phenoxy) is 1. The van der Waals surface area contributed by atoms with Gasteiger partial charge in [0.25, 0.3) is 5.91 Å². The van der Waals surface area contributed by atoms with Crippen LogP contribution in [-0.4, -0.2) is 24.2 Å². The Morgan fingerprint density at radius 2 is 1.84 bits per heavy atom. The van der Waals surface area contributed by atoms with E-state index in [9.17, 15) is 9.59 Å². The van der Waals surface area contributed by atoms with Crippen molar-refractivity contribution in [2.75, 3.05) is 7.11 Å². The molecule has 31 heavy (non-hydrogen) atoms. The minimum atomic E-state index is -0.389. The topological polar surface area (TPSA) is 80.9 Å². The molecule has 1 aliphatic heterocycles. The predicted octanol–water partition coefficient (Wildman–Crippen LogP) is 5.19. The van der Waals surface area contributed by atoms with E-state index >= 15 is 0 Å². The summed E-state index contributed by atoms with van der Waals surface area (Å²) in [4.78, 5) is 28.9. The van der Waals surface area contributed by atoms with Crippen molar-refractivity contribution >= 4 is 40.6 Å².